The third kappa shape index (κ3) is 6.55. The second-order valence-corrected chi connectivity index (χ2v) is 13.9. The standard InChI is InChI=1S/C40H51N3O4/c1-3-4-5-6-7-21-45-23-24-46-22-20-41(2)29-30-10-13-33-36(25-30)40(28-37(33)44)34-14-11-31(42-16-8-17-42)26-38(34)47-39-27-32(12-15-35(39)40)43-18-9-19-43/h10-15,25-27H,3-9,16-24,28-29H2,1-2H3. The van der Waals surface area contributed by atoms with Crippen molar-refractivity contribution >= 4 is 17.2 Å². The van der Waals surface area contributed by atoms with E-state index < -0.39 is 5.41 Å². The summed E-state index contributed by atoms with van der Waals surface area (Å²) in [6.45, 7) is 11.0. The number of ketones is 1. The first-order valence-corrected chi connectivity index (χ1v) is 18.0. The Balaban J connectivity index is 1.07. The SMILES string of the molecule is CCCCCCCOCCOCCN(C)Cc1ccc2c(c1)C1(CC2=O)c2ccc(N3CCC3)cc2Oc2cc(N3CCC3)ccc21. The Morgan fingerprint density at radius 1 is 0.745 bits per heavy atom. The van der Waals surface area contributed by atoms with Crippen molar-refractivity contribution in [3.8, 4) is 11.5 Å². The molecule has 0 saturated carbocycles. The second-order valence-electron chi connectivity index (χ2n) is 13.9. The van der Waals surface area contributed by atoms with Crippen molar-refractivity contribution in [2.24, 2.45) is 0 Å². The number of hydrogen-bond acceptors (Lipinski definition) is 7. The molecule has 7 heteroatoms. The Hall–Kier alpha value is -3.39. The van der Waals surface area contributed by atoms with Gasteiger partial charge in [0.1, 0.15) is 11.5 Å². The first kappa shape index (κ1) is 32.2. The van der Waals surface area contributed by atoms with E-state index in [9.17, 15) is 4.79 Å². The van der Waals surface area contributed by atoms with Crippen molar-refractivity contribution in [1.82, 2.24) is 4.90 Å². The minimum absolute atomic E-state index is 0.203. The Morgan fingerprint density at radius 3 is 2.00 bits per heavy atom. The van der Waals surface area contributed by atoms with Gasteiger partial charge in [0.15, 0.2) is 5.78 Å². The predicted molar refractivity (Wildman–Crippen MR) is 189 cm³/mol. The van der Waals surface area contributed by atoms with Crippen molar-refractivity contribution < 1.29 is 19.0 Å². The largest absolute Gasteiger partial charge is 0.457 e. The van der Waals surface area contributed by atoms with E-state index in [1.165, 1.54) is 55.5 Å². The lowest BCUT2D eigenvalue weighted by Gasteiger charge is -2.41. The number of carbonyl (C=O) groups is 1. The van der Waals surface area contributed by atoms with E-state index in [2.05, 4.69) is 83.3 Å². The average Bonchev–Trinajstić information content (AvgIpc) is 3.29. The van der Waals surface area contributed by atoms with Gasteiger partial charge in [-0.15, -0.1) is 0 Å². The Morgan fingerprint density at radius 2 is 1.38 bits per heavy atom. The number of benzene rings is 3. The van der Waals surface area contributed by atoms with Crippen LogP contribution in [0.15, 0.2) is 54.6 Å². The molecule has 0 bridgehead atoms. The number of nitrogens with zero attached hydrogens (tertiary/aromatic N) is 3. The summed E-state index contributed by atoms with van der Waals surface area (Å²) < 4.78 is 18.4. The molecule has 0 aromatic heterocycles. The van der Waals surface area contributed by atoms with Gasteiger partial charge in [-0.05, 0) is 49.6 Å². The molecular formula is C40H51N3O4. The maximum Gasteiger partial charge on any atom is 0.164 e. The van der Waals surface area contributed by atoms with Crippen molar-refractivity contribution in [3.05, 3.63) is 82.4 Å². The molecule has 4 aliphatic rings. The van der Waals surface area contributed by atoms with Crippen molar-refractivity contribution in [1.29, 1.82) is 0 Å². The second kappa shape index (κ2) is 14.4. The van der Waals surface area contributed by atoms with Crippen LogP contribution >= 0.6 is 0 Å². The highest BCUT2D eigenvalue weighted by Gasteiger charge is 2.51. The van der Waals surface area contributed by atoms with Gasteiger partial charge in [0.05, 0.1) is 25.2 Å². The van der Waals surface area contributed by atoms with E-state index in [1.807, 2.05) is 0 Å². The van der Waals surface area contributed by atoms with Crippen LogP contribution in [0.3, 0.4) is 0 Å². The van der Waals surface area contributed by atoms with Crippen molar-refractivity contribution in [3.63, 3.8) is 0 Å². The molecule has 47 heavy (non-hydrogen) atoms. The molecule has 2 saturated heterocycles. The summed E-state index contributed by atoms with van der Waals surface area (Å²) in [6.07, 6.45) is 9.16. The molecule has 0 amide bonds. The number of anilines is 2. The molecule has 3 aromatic carbocycles. The van der Waals surface area contributed by atoms with Gasteiger partial charge in [-0.25, -0.2) is 0 Å². The van der Waals surface area contributed by atoms with Crippen LogP contribution < -0.4 is 14.5 Å². The van der Waals surface area contributed by atoms with E-state index >= 15 is 0 Å². The van der Waals surface area contributed by atoms with Crippen LogP contribution in [-0.4, -0.2) is 76.9 Å². The third-order valence-electron chi connectivity index (χ3n) is 10.6. The first-order chi connectivity index (χ1) is 23.1. The number of fused-ring (bicyclic) bond motifs is 6. The molecule has 0 atom stereocenters. The zero-order valence-corrected chi connectivity index (χ0v) is 28.4. The third-order valence-corrected chi connectivity index (χ3v) is 10.6. The smallest absolute Gasteiger partial charge is 0.164 e. The zero-order chi connectivity index (χ0) is 32.2. The van der Waals surface area contributed by atoms with E-state index in [4.69, 9.17) is 14.2 Å². The van der Waals surface area contributed by atoms with Crippen LogP contribution in [0, 0.1) is 0 Å². The monoisotopic (exact) mass is 637 g/mol. The molecule has 1 spiro atoms. The van der Waals surface area contributed by atoms with Crippen LogP contribution in [0.2, 0.25) is 0 Å². The highest BCUT2D eigenvalue weighted by atomic mass is 16.5. The Labute approximate surface area is 280 Å². The lowest BCUT2D eigenvalue weighted by atomic mass is 9.68. The van der Waals surface area contributed by atoms with E-state index in [-0.39, 0.29) is 5.78 Å². The number of Topliss-reactive ketones (excluding diaryl/α,β-unsaturated/α-hetero) is 1. The van der Waals surface area contributed by atoms with Gasteiger partial charge in [0.2, 0.25) is 0 Å². The summed E-state index contributed by atoms with van der Waals surface area (Å²) in [6, 6.07) is 19.8. The minimum Gasteiger partial charge on any atom is -0.457 e. The number of hydrogen-bond donors (Lipinski definition) is 0. The fourth-order valence-corrected chi connectivity index (χ4v) is 7.64. The summed E-state index contributed by atoms with van der Waals surface area (Å²) in [5.41, 5.74) is 7.17. The van der Waals surface area contributed by atoms with E-state index in [1.54, 1.807) is 0 Å². The summed E-state index contributed by atoms with van der Waals surface area (Å²) in [7, 11) is 2.14. The lowest BCUT2D eigenvalue weighted by Crippen LogP contribution is -2.38. The van der Waals surface area contributed by atoms with E-state index in [0.29, 0.717) is 26.2 Å². The highest BCUT2D eigenvalue weighted by Crippen LogP contribution is 2.58. The van der Waals surface area contributed by atoms with Gasteiger partial charge in [-0.3, -0.25) is 9.69 Å². The molecule has 250 valence electrons. The summed E-state index contributed by atoms with van der Waals surface area (Å²) in [5.74, 6) is 1.96. The van der Waals surface area contributed by atoms with Crippen molar-refractivity contribution in [2.45, 2.75) is 70.3 Å². The van der Waals surface area contributed by atoms with Gasteiger partial charge in [0.25, 0.3) is 0 Å². The normalized spacial score (nSPS) is 17.3. The molecule has 3 aliphatic heterocycles. The van der Waals surface area contributed by atoms with E-state index in [0.717, 1.165) is 86.0 Å². The van der Waals surface area contributed by atoms with Crippen LogP contribution in [0.1, 0.15) is 90.9 Å². The number of ether oxygens (including phenoxy) is 3. The number of unbranched alkanes of at least 4 members (excludes halogenated alkanes) is 4. The number of likely N-dealkylation sites (N-methyl/N-ethyl adjacent to an activating group) is 1. The minimum atomic E-state index is -0.565. The van der Waals surface area contributed by atoms with Gasteiger partial charge in [0, 0.05) is 92.5 Å². The van der Waals surface area contributed by atoms with Crippen LogP contribution in [0.25, 0.3) is 0 Å². The Kier molecular flexibility index (Phi) is 9.85. The molecule has 7 nitrogen and oxygen atoms in total. The summed E-state index contributed by atoms with van der Waals surface area (Å²) in [5, 5.41) is 0. The predicted octanol–water partition coefficient (Wildman–Crippen LogP) is 7.57. The fraction of sp³-hybridized carbons (Fsp3) is 0.525. The van der Waals surface area contributed by atoms with Crippen molar-refractivity contribution in [2.75, 3.05) is 76.0 Å². The average molecular weight is 638 g/mol. The molecule has 0 radical (unpaired) electrons. The topological polar surface area (TPSA) is 54.5 Å². The van der Waals surface area contributed by atoms with Gasteiger partial charge < -0.3 is 24.0 Å². The number of carbonyl (C=O) groups excluding carboxylic acids is 1. The molecule has 7 rings (SSSR count). The molecule has 1 aliphatic carbocycles. The van der Waals surface area contributed by atoms with Crippen LogP contribution in [0.4, 0.5) is 11.4 Å². The lowest BCUT2D eigenvalue weighted by molar-refractivity contribution is 0.0391. The van der Waals surface area contributed by atoms with Crippen LogP contribution in [-0.2, 0) is 21.4 Å². The maximum atomic E-state index is 13.8. The maximum absolute atomic E-state index is 13.8. The molecule has 0 unspecified atom stereocenters. The fourth-order valence-electron chi connectivity index (χ4n) is 7.64. The zero-order valence-electron chi connectivity index (χ0n) is 28.4. The summed E-state index contributed by atoms with van der Waals surface area (Å²) >= 11 is 0. The quantitative estimate of drug-likeness (QED) is 0.150. The molecule has 0 N–H and O–H groups in total. The molecule has 3 aromatic rings. The highest BCUT2D eigenvalue weighted by molar-refractivity contribution is 6.04. The Bertz CT molecular complexity index is 1500. The first-order valence-electron chi connectivity index (χ1n) is 18.0. The van der Waals surface area contributed by atoms with Gasteiger partial charge in [-0.2, -0.15) is 0 Å². The molecule has 3 heterocycles. The summed E-state index contributed by atoms with van der Waals surface area (Å²) in [4.78, 5) is 20.9. The number of rotatable bonds is 16. The molecular weight excluding hydrogens is 586 g/mol. The van der Waals surface area contributed by atoms with Crippen LogP contribution in [0.5, 0.6) is 11.5 Å². The van der Waals surface area contributed by atoms with Gasteiger partial charge in [-0.1, -0.05) is 62.9 Å². The molecule has 2 fully saturated rings. The van der Waals surface area contributed by atoms with Gasteiger partial charge >= 0.3 is 0 Å².